The van der Waals surface area contributed by atoms with Crippen molar-refractivity contribution in [2.45, 2.75) is 0 Å². The first-order valence-corrected chi connectivity index (χ1v) is 11.2. The molecule has 0 spiro atoms. The van der Waals surface area contributed by atoms with E-state index in [2.05, 4.69) is 98.1 Å². The Morgan fingerprint density at radius 1 is 0.613 bits per heavy atom. The number of thiophene rings is 1. The van der Waals surface area contributed by atoms with E-state index >= 15 is 0 Å². The lowest BCUT2D eigenvalue weighted by molar-refractivity contribution is 1.68. The highest BCUT2D eigenvalue weighted by Gasteiger charge is 2.12. The van der Waals surface area contributed by atoms with Gasteiger partial charge in [0.1, 0.15) is 0 Å². The average molecular weight is 413 g/mol. The van der Waals surface area contributed by atoms with Crippen LogP contribution in [0.4, 0.5) is 0 Å². The molecule has 0 aliphatic rings. The highest BCUT2D eigenvalue weighted by Crippen LogP contribution is 2.41. The van der Waals surface area contributed by atoms with Gasteiger partial charge in [-0.05, 0) is 55.9 Å². The van der Waals surface area contributed by atoms with E-state index in [1.807, 2.05) is 23.5 Å². The minimum atomic E-state index is 1.12. The molecule has 5 aromatic carbocycles. The van der Waals surface area contributed by atoms with Crippen molar-refractivity contribution in [2.24, 2.45) is 0 Å². The number of hydrogen-bond donors (Lipinski definition) is 0. The van der Waals surface area contributed by atoms with Crippen molar-refractivity contribution >= 4 is 65.2 Å². The zero-order valence-electron chi connectivity index (χ0n) is 17.1. The SMILES string of the molecule is C=Cc1ccc2c(ccc3ccc(-c4cccc5c4sc4ccccc45)cc32)c1C=C. The maximum atomic E-state index is 4.04. The van der Waals surface area contributed by atoms with Gasteiger partial charge in [-0.15, -0.1) is 11.3 Å². The molecule has 6 aromatic rings. The molecule has 31 heavy (non-hydrogen) atoms. The van der Waals surface area contributed by atoms with Crippen molar-refractivity contribution in [3.63, 3.8) is 0 Å². The molecule has 0 amide bonds. The van der Waals surface area contributed by atoms with Gasteiger partial charge < -0.3 is 0 Å². The molecule has 0 nitrogen and oxygen atoms in total. The second-order valence-corrected chi connectivity index (χ2v) is 8.91. The monoisotopic (exact) mass is 412 g/mol. The molecule has 0 saturated carbocycles. The first kappa shape index (κ1) is 18.1. The van der Waals surface area contributed by atoms with E-state index in [0.29, 0.717) is 0 Å². The zero-order valence-corrected chi connectivity index (χ0v) is 17.9. The largest absolute Gasteiger partial charge is 0.135 e. The summed E-state index contributed by atoms with van der Waals surface area (Å²) >= 11 is 1.88. The summed E-state index contributed by atoms with van der Waals surface area (Å²) in [5.41, 5.74) is 4.81. The Kier molecular flexibility index (Phi) is 4.05. The molecule has 0 fully saturated rings. The van der Waals surface area contributed by atoms with Crippen LogP contribution in [0.25, 0.3) is 65.0 Å². The van der Waals surface area contributed by atoms with E-state index in [0.717, 1.165) is 11.1 Å². The maximum absolute atomic E-state index is 4.04. The molecule has 1 heteroatoms. The van der Waals surface area contributed by atoms with Gasteiger partial charge in [-0.25, -0.2) is 0 Å². The summed E-state index contributed by atoms with van der Waals surface area (Å²) in [5.74, 6) is 0. The lowest BCUT2D eigenvalue weighted by Crippen LogP contribution is -1.87. The number of rotatable bonds is 3. The summed E-state index contributed by atoms with van der Waals surface area (Å²) in [6.45, 7) is 8.01. The molecule has 0 bridgehead atoms. The minimum absolute atomic E-state index is 1.12. The van der Waals surface area contributed by atoms with Crippen LogP contribution in [0.2, 0.25) is 0 Å². The molecule has 0 aliphatic carbocycles. The molecule has 0 radical (unpaired) electrons. The summed E-state index contributed by atoms with van der Waals surface area (Å²) in [4.78, 5) is 0. The maximum Gasteiger partial charge on any atom is 0.0433 e. The lowest BCUT2D eigenvalue weighted by Gasteiger charge is -2.11. The van der Waals surface area contributed by atoms with Gasteiger partial charge in [0.2, 0.25) is 0 Å². The van der Waals surface area contributed by atoms with Crippen molar-refractivity contribution in [1.82, 2.24) is 0 Å². The van der Waals surface area contributed by atoms with Gasteiger partial charge in [0, 0.05) is 20.2 Å². The molecule has 0 N–H and O–H groups in total. The van der Waals surface area contributed by atoms with E-state index in [4.69, 9.17) is 0 Å². The summed E-state index contributed by atoms with van der Waals surface area (Å²) in [5, 5.41) is 7.66. The molecule has 6 rings (SSSR count). The second kappa shape index (κ2) is 6.94. The highest BCUT2D eigenvalue weighted by atomic mass is 32.1. The van der Waals surface area contributed by atoms with Crippen molar-refractivity contribution in [2.75, 3.05) is 0 Å². The zero-order chi connectivity index (χ0) is 20.9. The molecular formula is C30H20S. The molecule has 146 valence electrons. The molecule has 0 atom stereocenters. The average Bonchev–Trinajstić information content (AvgIpc) is 3.21. The van der Waals surface area contributed by atoms with Gasteiger partial charge >= 0.3 is 0 Å². The van der Waals surface area contributed by atoms with Crippen molar-refractivity contribution in [3.05, 3.63) is 109 Å². The fourth-order valence-corrected chi connectivity index (χ4v) is 5.96. The Hall–Kier alpha value is -3.68. The molecule has 0 unspecified atom stereocenters. The quantitative estimate of drug-likeness (QED) is 0.254. The van der Waals surface area contributed by atoms with E-state index in [9.17, 15) is 0 Å². The summed E-state index contributed by atoms with van der Waals surface area (Å²) in [7, 11) is 0. The fourth-order valence-electron chi connectivity index (χ4n) is 4.72. The van der Waals surface area contributed by atoms with E-state index in [1.165, 1.54) is 52.8 Å². The second-order valence-electron chi connectivity index (χ2n) is 7.85. The van der Waals surface area contributed by atoms with Crippen LogP contribution in [-0.2, 0) is 0 Å². The molecule has 0 saturated heterocycles. The van der Waals surface area contributed by atoms with E-state index < -0.39 is 0 Å². The third kappa shape index (κ3) is 2.67. The van der Waals surface area contributed by atoms with Crippen LogP contribution in [-0.4, -0.2) is 0 Å². The van der Waals surface area contributed by atoms with Crippen LogP contribution in [0.15, 0.2) is 98.1 Å². The van der Waals surface area contributed by atoms with Crippen LogP contribution < -0.4 is 0 Å². The van der Waals surface area contributed by atoms with Gasteiger partial charge in [-0.2, -0.15) is 0 Å². The number of hydrogen-bond acceptors (Lipinski definition) is 1. The Bertz CT molecular complexity index is 1660. The normalized spacial score (nSPS) is 11.5. The molecule has 1 aromatic heterocycles. The van der Waals surface area contributed by atoms with Gasteiger partial charge in [-0.3, -0.25) is 0 Å². The standard InChI is InChI=1S/C30H20S/c1-3-19-14-16-25-24(22(19)4-2)17-15-20-12-13-21(18-28(20)25)23-9-7-10-27-26-8-5-6-11-29(26)31-30(23)27/h3-18H,1-2H2. The Morgan fingerprint density at radius 2 is 1.42 bits per heavy atom. The van der Waals surface area contributed by atoms with Crippen LogP contribution in [0.1, 0.15) is 11.1 Å². The summed E-state index contributed by atoms with van der Waals surface area (Å²) < 4.78 is 2.69. The van der Waals surface area contributed by atoms with Crippen LogP contribution in [0.3, 0.4) is 0 Å². The molecule has 0 aliphatic heterocycles. The first-order valence-electron chi connectivity index (χ1n) is 10.4. The first-order chi connectivity index (χ1) is 15.3. The van der Waals surface area contributed by atoms with Crippen molar-refractivity contribution < 1.29 is 0 Å². The predicted molar refractivity (Wildman–Crippen MR) is 140 cm³/mol. The molecule has 1 heterocycles. The van der Waals surface area contributed by atoms with Crippen molar-refractivity contribution in [3.8, 4) is 11.1 Å². The van der Waals surface area contributed by atoms with Crippen molar-refractivity contribution in [1.29, 1.82) is 0 Å². The van der Waals surface area contributed by atoms with Crippen LogP contribution in [0, 0.1) is 0 Å². The van der Waals surface area contributed by atoms with Crippen LogP contribution >= 0.6 is 11.3 Å². The highest BCUT2D eigenvalue weighted by molar-refractivity contribution is 7.26. The Morgan fingerprint density at radius 3 is 2.29 bits per heavy atom. The summed E-state index contributed by atoms with van der Waals surface area (Å²) in [6, 6.07) is 30.9. The topological polar surface area (TPSA) is 0 Å². The predicted octanol–water partition coefficient (Wildman–Crippen LogP) is 9.31. The lowest BCUT2D eigenvalue weighted by atomic mass is 9.93. The Balaban J connectivity index is 1.66. The fraction of sp³-hybridized carbons (Fsp3) is 0. The minimum Gasteiger partial charge on any atom is -0.135 e. The third-order valence-corrected chi connectivity index (χ3v) is 7.45. The van der Waals surface area contributed by atoms with Gasteiger partial charge in [0.15, 0.2) is 0 Å². The van der Waals surface area contributed by atoms with Crippen LogP contribution in [0.5, 0.6) is 0 Å². The van der Waals surface area contributed by atoms with Gasteiger partial charge in [0.05, 0.1) is 0 Å². The van der Waals surface area contributed by atoms with Gasteiger partial charge in [-0.1, -0.05) is 98.1 Å². The Labute approximate surface area is 185 Å². The molecular weight excluding hydrogens is 392 g/mol. The third-order valence-electron chi connectivity index (χ3n) is 6.23. The number of benzene rings is 5. The smallest absolute Gasteiger partial charge is 0.0433 e. The number of fused-ring (bicyclic) bond motifs is 6. The summed E-state index contributed by atoms with van der Waals surface area (Å²) in [6.07, 6.45) is 3.84. The van der Waals surface area contributed by atoms with E-state index in [1.54, 1.807) is 0 Å². The van der Waals surface area contributed by atoms with Gasteiger partial charge in [0.25, 0.3) is 0 Å². The van der Waals surface area contributed by atoms with E-state index in [-0.39, 0.29) is 0 Å².